The van der Waals surface area contributed by atoms with E-state index >= 15 is 0 Å². The van der Waals surface area contributed by atoms with Crippen LogP contribution in [-0.2, 0) is 16.0 Å². The predicted molar refractivity (Wildman–Crippen MR) is 66.8 cm³/mol. The van der Waals surface area contributed by atoms with Crippen LogP contribution < -0.4 is 5.32 Å². The number of halogens is 2. The zero-order valence-electron chi connectivity index (χ0n) is 9.19. The predicted octanol–water partition coefficient (Wildman–Crippen LogP) is 1.10. The van der Waals surface area contributed by atoms with Gasteiger partial charge in [0.15, 0.2) is 0 Å². The van der Waals surface area contributed by atoms with Gasteiger partial charge in [-0.2, -0.15) is 0 Å². The van der Waals surface area contributed by atoms with Gasteiger partial charge in [-0.3, -0.25) is 4.79 Å². The smallest absolute Gasteiger partial charge is 0.328 e. The summed E-state index contributed by atoms with van der Waals surface area (Å²) in [5.74, 6) is -1.89. The van der Waals surface area contributed by atoms with E-state index in [1.54, 1.807) is 18.2 Å². The normalized spacial score (nSPS) is 11.9. The molecule has 0 spiro atoms. The number of carboxylic acids is 1. The average molecular weight is 292 g/mol. The fourth-order valence-electron chi connectivity index (χ4n) is 1.29. The monoisotopic (exact) mass is 291 g/mol. The van der Waals surface area contributed by atoms with Gasteiger partial charge in [0.05, 0.1) is 13.0 Å². The molecular weight excluding hydrogens is 281 g/mol. The Hall–Kier alpha value is -1.30. The molecule has 0 fully saturated rings. The number of benzene rings is 1. The van der Waals surface area contributed by atoms with Crippen LogP contribution in [-0.4, -0.2) is 34.7 Å². The third-order valence-corrected chi connectivity index (χ3v) is 2.92. The molecule has 0 aliphatic heterocycles. The van der Waals surface area contributed by atoms with Crippen molar-refractivity contribution in [2.45, 2.75) is 12.5 Å². The van der Waals surface area contributed by atoms with Gasteiger partial charge in [0, 0.05) is 10.0 Å². The summed E-state index contributed by atoms with van der Waals surface area (Å²) < 4.78 is 0. The largest absolute Gasteiger partial charge is 0.480 e. The van der Waals surface area contributed by atoms with Crippen LogP contribution in [0.3, 0.4) is 0 Å². The third-order valence-electron chi connectivity index (χ3n) is 2.21. The van der Waals surface area contributed by atoms with Crippen LogP contribution >= 0.6 is 23.2 Å². The highest BCUT2D eigenvalue weighted by atomic mass is 35.5. The maximum Gasteiger partial charge on any atom is 0.328 e. The molecular formula is C11H11Cl2NO4. The number of rotatable bonds is 5. The molecule has 0 aliphatic carbocycles. The molecule has 18 heavy (non-hydrogen) atoms. The van der Waals surface area contributed by atoms with Gasteiger partial charge in [-0.1, -0.05) is 29.3 Å². The number of hydrogen-bond donors (Lipinski definition) is 3. The van der Waals surface area contributed by atoms with Gasteiger partial charge in [-0.05, 0) is 17.7 Å². The molecule has 0 heterocycles. The average Bonchev–Trinajstić information content (AvgIpc) is 2.30. The SMILES string of the molecule is O=C(Cc1c(Cl)cccc1Cl)NC(CO)C(=O)O. The van der Waals surface area contributed by atoms with Crippen molar-refractivity contribution in [3.8, 4) is 0 Å². The minimum Gasteiger partial charge on any atom is -0.480 e. The van der Waals surface area contributed by atoms with E-state index in [0.717, 1.165) is 0 Å². The highest BCUT2D eigenvalue weighted by Crippen LogP contribution is 2.24. The van der Waals surface area contributed by atoms with Gasteiger partial charge >= 0.3 is 5.97 Å². The highest BCUT2D eigenvalue weighted by molar-refractivity contribution is 6.36. The van der Waals surface area contributed by atoms with Gasteiger partial charge in [-0.15, -0.1) is 0 Å². The molecule has 98 valence electrons. The van der Waals surface area contributed by atoms with Crippen LogP contribution in [0.2, 0.25) is 10.0 Å². The first-order chi connectivity index (χ1) is 8.45. The lowest BCUT2D eigenvalue weighted by Gasteiger charge is -2.12. The molecule has 1 unspecified atom stereocenters. The van der Waals surface area contributed by atoms with Crippen molar-refractivity contribution in [2.24, 2.45) is 0 Å². The Morgan fingerprint density at radius 2 is 1.83 bits per heavy atom. The van der Waals surface area contributed by atoms with Crippen LogP contribution in [0, 0.1) is 0 Å². The fourth-order valence-corrected chi connectivity index (χ4v) is 1.82. The molecule has 0 saturated carbocycles. The van der Waals surface area contributed by atoms with E-state index in [4.69, 9.17) is 33.4 Å². The zero-order chi connectivity index (χ0) is 13.7. The molecule has 0 aliphatic rings. The lowest BCUT2D eigenvalue weighted by molar-refractivity contribution is -0.142. The Morgan fingerprint density at radius 3 is 2.28 bits per heavy atom. The second kappa shape index (κ2) is 6.58. The molecule has 0 aromatic heterocycles. The molecule has 0 radical (unpaired) electrons. The number of carbonyl (C=O) groups excluding carboxylic acids is 1. The van der Waals surface area contributed by atoms with E-state index in [2.05, 4.69) is 5.32 Å². The lowest BCUT2D eigenvalue weighted by Crippen LogP contribution is -2.44. The van der Waals surface area contributed by atoms with E-state index in [1.807, 2.05) is 0 Å². The lowest BCUT2D eigenvalue weighted by atomic mass is 10.1. The first-order valence-corrected chi connectivity index (χ1v) is 5.77. The molecule has 1 rings (SSSR count). The van der Waals surface area contributed by atoms with Crippen molar-refractivity contribution < 1.29 is 19.8 Å². The Labute approximate surface area is 113 Å². The van der Waals surface area contributed by atoms with E-state index in [9.17, 15) is 9.59 Å². The first kappa shape index (κ1) is 14.8. The van der Waals surface area contributed by atoms with E-state index in [-0.39, 0.29) is 6.42 Å². The van der Waals surface area contributed by atoms with E-state index in [1.165, 1.54) is 0 Å². The maximum absolute atomic E-state index is 11.6. The molecule has 1 aromatic carbocycles. The first-order valence-electron chi connectivity index (χ1n) is 5.01. The highest BCUT2D eigenvalue weighted by Gasteiger charge is 2.19. The van der Waals surface area contributed by atoms with Crippen molar-refractivity contribution in [1.29, 1.82) is 0 Å². The summed E-state index contributed by atoms with van der Waals surface area (Å²) in [6.07, 6.45) is -0.151. The zero-order valence-corrected chi connectivity index (χ0v) is 10.7. The van der Waals surface area contributed by atoms with Crippen LogP contribution in [0.15, 0.2) is 18.2 Å². The second-order valence-corrected chi connectivity index (χ2v) is 4.33. The molecule has 7 heteroatoms. The quantitative estimate of drug-likeness (QED) is 0.758. The van der Waals surface area contributed by atoms with Crippen LogP contribution in [0.5, 0.6) is 0 Å². The number of nitrogens with one attached hydrogen (secondary N) is 1. The Morgan fingerprint density at radius 1 is 1.28 bits per heavy atom. The molecule has 3 N–H and O–H groups in total. The molecule has 1 atom stereocenters. The van der Waals surface area contributed by atoms with Crippen molar-refractivity contribution >= 4 is 35.1 Å². The van der Waals surface area contributed by atoms with Crippen molar-refractivity contribution in [3.05, 3.63) is 33.8 Å². The Kier molecular flexibility index (Phi) is 5.40. The molecule has 1 aromatic rings. The molecule has 0 bridgehead atoms. The fraction of sp³-hybridized carbons (Fsp3) is 0.273. The van der Waals surface area contributed by atoms with Crippen molar-refractivity contribution in [1.82, 2.24) is 5.32 Å². The topological polar surface area (TPSA) is 86.6 Å². The number of hydrogen-bond acceptors (Lipinski definition) is 3. The summed E-state index contributed by atoms with van der Waals surface area (Å²) in [7, 11) is 0. The summed E-state index contributed by atoms with van der Waals surface area (Å²) >= 11 is 11.8. The van der Waals surface area contributed by atoms with E-state index in [0.29, 0.717) is 15.6 Å². The standard InChI is InChI=1S/C11H11Cl2NO4/c12-7-2-1-3-8(13)6(7)4-10(16)14-9(5-15)11(17)18/h1-3,9,15H,4-5H2,(H,14,16)(H,17,18). The minimum atomic E-state index is -1.33. The number of aliphatic hydroxyl groups excluding tert-OH is 1. The van der Waals surface area contributed by atoms with Crippen LogP contribution in [0.4, 0.5) is 0 Å². The van der Waals surface area contributed by atoms with Crippen molar-refractivity contribution in [3.63, 3.8) is 0 Å². The van der Waals surface area contributed by atoms with Crippen LogP contribution in [0.25, 0.3) is 0 Å². The van der Waals surface area contributed by atoms with E-state index < -0.39 is 24.5 Å². The Balaban J connectivity index is 2.73. The Bertz CT molecular complexity index is 444. The van der Waals surface area contributed by atoms with Gasteiger partial charge < -0.3 is 15.5 Å². The maximum atomic E-state index is 11.6. The minimum absolute atomic E-state index is 0.151. The third kappa shape index (κ3) is 3.87. The second-order valence-electron chi connectivity index (χ2n) is 3.52. The summed E-state index contributed by atoms with van der Waals surface area (Å²) in [5.41, 5.74) is 0.417. The van der Waals surface area contributed by atoms with Crippen LogP contribution in [0.1, 0.15) is 5.56 Å². The number of carbonyl (C=O) groups is 2. The van der Waals surface area contributed by atoms with Gasteiger partial charge in [0.25, 0.3) is 0 Å². The van der Waals surface area contributed by atoms with Gasteiger partial charge in [0.1, 0.15) is 6.04 Å². The molecule has 1 amide bonds. The number of aliphatic carboxylic acids is 1. The number of carboxylic acid groups (broad SMARTS) is 1. The summed E-state index contributed by atoms with van der Waals surface area (Å²) in [6, 6.07) is 3.46. The van der Waals surface area contributed by atoms with Crippen molar-refractivity contribution in [2.75, 3.05) is 6.61 Å². The molecule has 0 saturated heterocycles. The number of amides is 1. The van der Waals surface area contributed by atoms with Gasteiger partial charge in [-0.25, -0.2) is 4.79 Å². The molecule has 5 nitrogen and oxygen atoms in total. The number of aliphatic hydroxyl groups is 1. The summed E-state index contributed by atoms with van der Waals surface area (Å²) in [6.45, 7) is -0.683. The summed E-state index contributed by atoms with van der Waals surface area (Å²) in [4.78, 5) is 22.2. The van der Waals surface area contributed by atoms with Gasteiger partial charge in [0.2, 0.25) is 5.91 Å². The summed E-state index contributed by atoms with van der Waals surface area (Å²) in [5, 5.41) is 20.3.